The van der Waals surface area contributed by atoms with E-state index in [1.807, 2.05) is 30.3 Å². The van der Waals surface area contributed by atoms with Gasteiger partial charge in [0.1, 0.15) is 29.8 Å². The Bertz CT molecular complexity index is 752. The molecule has 2 saturated heterocycles. The molecule has 0 radical (unpaired) electrons. The lowest BCUT2D eigenvalue weighted by atomic mass is 10.1. The second-order valence-electron chi connectivity index (χ2n) is 6.31. The summed E-state index contributed by atoms with van der Waals surface area (Å²) >= 11 is 0. The van der Waals surface area contributed by atoms with Gasteiger partial charge in [0.2, 0.25) is 0 Å². The molecule has 26 heavy (non-hydrogen) atoms. The van der Waals surface area contributed by atoms with Gasteiger partial charge in [-0.3, -0.25) is 0 Å². The van der Waals surface area contributed by atoms with Gasteiger partial charge in [0.15, 0.2) is 0 Å². The molecule has 0 unspecified atom stereocenters. The molecule has 2 aliphatic rings. The van der Waals surface area contributed by atoms with Crippen molar-refractivity contribution in [2.45, 2.75) is 24.4 Å². The van der Waals surface area contributed by atoms with Gasteiger partial charge >= 0.3 is 6.03 Å². The van der Waals surface area contributed by atoms with Crippen molar-refractivity contribution in [3.63, 3.8) is 0 Å². The minimum Gasteiger partial charge on any atom is -0.457 e. The zero-order chi connectivity index (χ0) is 17.9. The number of ether oxygens (including phenoxy) is 3. The van der Waals surface area contributed by atoms with Crippen LogP contribution in [-0.4, -0.2) is 48.7 Å². The molecule has 3 N–H and O–H groups in total. The maximum atomic E-state index is 12.2. The Morgan fingerprint density at radius 1 is 0.962 bits per heavy atom. The van der Waals surface area contributed by atoms with Crippen molar-refractivity contribution < 1.29 is 24.1 Å². The van der Waals surface area contributed by atoms with Gasteiger partial charge in [-0.15, -0.1) is 0 Å². The van der Waals surface area contributed by atoms with Crippen LogP contribution >= 0.6 is 0 Å². The molecule has 0 bridgehead atoms. The quantitative estimate of drug-likeness (QED) is 0.781. The fourth-order valence-corrected chi connectivity index (χ4v) is 3.17. The van der Waals surface area contributed by atoms with Gasteiger partial charge in [-0.2, -0.15) is 0 Å². The molecule has 4 atom stereocenters. The van der Waals surface area contributed by atoms with Crippen molar-refractivity contribution in [1.29, 1.82) is 0 Å². The number of benzene rings is 2. The Balaban J connectivity index is 1.30. The normalized spacial score (nSPS) is 27.0. The van der Waals surface area contributed by atoms with Gasteiger partial charge in [-0.1, -0.05) is 18.2 Å². The van der Waals surface area contributed by atoms with Gasteiger partial charge in [-0.25, -0.2) is 4.79 Å². The molecule has 2 heterocycles. The third kappa shape index (κ3) is 3.65. The van der Waals surface area contributed by atoms with Crippen molar-refractivity contribution in [2.75, 3.05) is 18.5 Å². The number of para-hydroxylation sites is 1. The first-order chi connectivity index (χ1) is 12.7. The highest BCUT2D eigenvalue weighted by molar-refractivity contribution is 5.89. The summed E-state index contributed by atoms with van der Waals surface area (Å²) in [5.41, 5.74) is 0.644. The number of hydrogen-bond acceptors (Lipinski definition) is 5. The second-order valence-corrected chi connectivity index (χ2v) is 6.31. The maximum Gasteiger partial charge on any atom is 0.319 e. The Kier molecular flexibility index (Phi) is 4.75. The zero-order valence-corrected chi connectivity index (χ0v) is 14.0. The number of carbonyl (C=O) groups is 1. The molecule has 0 aromatic heterocycles. The average molecular weight is 356 g/mol. The molecule has 7 nitrogen and oxygen atoms in total. The summed E-state index contributed by atoms with van der Waals surface area (Å²) in [6.45, 7) is 0.557. The topological polar surface area (TPSA) is 89.1 Å². The Labute approximate surface area is 150 Å². The van der Waals surface area contributed by atoms with Crippen molar-refractivity contribution in [2.24, 2.45) is 0 Å². The Morgan fingerprint density at radius 2 is 1.65 bits per heavy atom. The monoisotopic (exact) mass is 356 g/mol. The first-order valence-electron chi connectivity index (χ1n) is 8.51. The number of amides is 2. The van der Waals surface area contributed by atoms with E-state index >= 15 is 0 Å². The number of carbonyl (C=O) groups excluding carboxylic acids is 1. The van der Waals surface area contributed by atoms with Crippen LogP contribution in [0.1, 0.15) is 0 Å². The molecule has 2 fully saturated rings. The number of aliphatic hydroxyl groups excluding tert-OH is 1. The van der Waals surface area contributed by atoms with Crippen LogP contribution in [0.25, 0.3) is 0 Å². The summed E-state index contributed by atoms with van der Waals surface area (Å²) < 4.78 is 16.7. The average Bonchev–Trinajstić information content (AvgIpc) is 3.21. The van der Waals surface area contributed by atoms with E-state index in [0.717, 1.165) is 5.75 Å². The number of anilines is 1. The van der Waals surface area contributed by atoms with E-state index in [2.05, 4.69) is 10.6 Å². The maximum absolute atomic E-state index is 12.2. The lowest BCUT2D eigenvalue weighted by molar-refractivity contribution is 0.0180. The van der Waals surface area contributed by atoms with Crippen LogP contribution in [0, 0.1) is 0 Å². The molecule has 0 saturated carbocycles. The summed E-state index contributed by atoms with van der Waals surface area (Å²) in [6.07, 6.45) is -1.31. The van der Waals surface area contributed by atoms with Crippen LogP contribution in [0.2, 0.25) is 0 Å². The number of fused-ring (bicyclic) bond motifs is 1. The van der Waals surface area contributed by atoms with Crippen molar-refractivity contribution >= 4 is 11.7 Å². The number of nitrogens with one attached hydrogen (secondary N) is 2. The number of aliphatic hydroxyl groups is 1. The molecule has 7 heteroatoms. The van der Waals surface area contributed by atoms with Crippen LogP contribution in [-0.2, 0) is 9.47 Å². The highest BCUT2D eigenvalue weighted by atomic mass is 16.6. The predicted molar refractivity (Wildman–Crippen MR) is 94.4 cm³/mol. The SMILES string of the molecule is O=C(Nc1ccc(Oc2ccccc2)cc1)N[C@H]1CO[C@H]2[C@@H]1OC[C@H]2O. The molecular formula is C19H20N2O5. The zero-order valence-electron chi connectivity index (χ0n) is 14.0. The summed E-state index contributed by atoms with van der Waals surface area (Å²) in [7, 11) is 0. The third-order valence-electron chi connectivity index (χ3n) is 4.43. The van der Waals surface area contributed by atoms with Crippen molar-refractivity contribution in [3.8, 4) is 11.5 Å². The Morgan fingerprint density at radius 3 is 2.42 bits per heavy atom. The summed E-state index contributed by atoms with van der Waals surface area (Å²) in [5.74, 6) is 1.43. The van der Waals surface area contributed by atoms with Crippen LogP contribution in [0.5, 0.6) is 11.5 Å². The molecule has 2 amide bonds. The highest BCUT2D eigenvalue weighted by Gasteiger charge is 2.47. The first kappa shape index (κ1) is 16.8. The lowest BCUT2D eigenvalue weighted by Crippen LogP contribution is -2.46. The summed E-state index contributed by atoms with van der Waals surface area (Å²) in [5, 5.41) is 15.3. The van der Waals surface area contributed by atoms with Crippen LogP contribution in [0.4, 0.5) is 10.5 Å². The minimum atomic E-state index is -0.632. The molecule has 0 aliphatic carbocycles. The summed E-state index contributed by atoms with van der Waals surface area (Å²) in [6, 6.07) is 16.0. The van der Waals surface area contributed by atoms with E-state index in [9.17, 15) is 9.90 Å². The van der Waals surface area contributed by atoms with Gasteiger partial charge in [0.25, 0.3) is 0 Å². The molecule has 2 aliphatic heterocycles. The van der Waals surface area contributed by atoms with Gasteiger partial charge in [0, 0.05) is 5.69 Å². The molecule has 4 rings (SSSR count). The molecule has 2 aromatic rings. The molecular weight excluding hydrogens is 336 g/mol. The lowest BCUT2D eigenvalue weighted by Gasteiger charge is -2.17. The van der Waals surface area contributed by atoms with E-state index in [1.165, 1.54) is 0 Å². The smallest absolute Gasteiger partial charge is 0.319 e. The van der Waals surface area contributed by atoms with Crippen molar-refractivity contribution in [1.82, 2.24) is 5.32 Å². The third-order valence-corrected chi connectivity index (χ3v) is 4.43. The number of urea groups is 1. The van der Waals surface area contributed by atoms with Gasteiger partial charge in [0.05, 0.1) is 19.3 Å². The highest BCUT2D eigenvalue weighted by Crippen LogP contribution is 2.27. The predicted octanol–water partition coefficient (Wildman–Crippen LogP) is 2.13. The molecule has 0 spiro atoms. The van der Waals surface area contributed by atoms with E-state index in [1.54, 1.807) is 24.3 Å². The van der Waals surface area contributed by atoms with Gasteiger partial charge < -0.3 is 30.0 Å². The van der Waals surface area contributed by atoms with Gasteiger partial charge in [-0.05, 0) is 36.4 Å². The summed E-state index contributed by atoms with van der Waals surface area (Å²) in [4.78, 5) is 12.2. The fraction of sp³-hybridized carbons (Fsp3) is 0.316. The van der Waals surface area contributed by atoms with E-state index in [0.29, 0.717) is 18.0 Å². The second kappa shape index (κ2) is 7.33. The van der Waals surface area contributed by atoms with Crippen LogP contribution in [0.15, 0.2) is 54.6 Å². The standard InChI is InChI=1S/C19H20N2O5/c22-16-11-25-17-15(10-24-18(16)17)21-19(23)20-12-6-8-14(9-7-12)26-13-4-2-1-3-5-13/h1-9,15-18,22H,10-11H2,(H2,20,21,23)/t15-,16+,17+,18+/m0/s1. The fourth-order valence-electron chi connectivity index (χ4n) is 3.17. The molecule has 136 valence electrons. The number of rotatable bonds is 4. The molecule has 2 aromatic carbocycles. The minimum absolute atomic E-state index is 0.234. The number of hydrogen-bond donors (Lipinski definition) is 3. The van der Waals surface area contributed by atoms with E-state index in [4.69, 9.17) is 14.2 Å². The van der Waals surface area contributed by atoms with Crippen molar-refractivity contribution in [3.05, 3.63) is 54.6 Å². The van der Waals surface area contributed by atoms with Crippen LogP contribution in [0.3, 0.4) is 0 Å². The Hall–Kier alpha value is -2.61. The van der Waals surface area contributed by atoms with E-state index < -0.39 is 6.10 Å². The van der Waals surface area contributed by atoms with Crippen LogP contribution < -0.4 is 15.4 Å². The van der Waals surface area contributed by atoms with E-state index in [-0.39, 0.29) is 30.9 Å². The largest absolute Gasteiger partial charge is 0.457 e. The first-order valence-corrected chi connectivity index (χ1v) is 8.51.